The molecule has 0 spiro atoms. The molecular weight excluding hydrogens is 414 g/mol. The van der Waals surface area contributed by atoms with Crippen molar-refractivity contribution in [1.29, 1.82) is 0 Å². The Hall–Kier alpha value is -2.72. The van der Waals surface area contributed by atoms with Gasteiger partial charge in [-0.2, -0.15) is 0 Å². The van der Waals surface area contributed by atoms with Crippen LogP contribution in [0.2, 0.25) is 0 Å². The molecule has 0 amide bonds. The number of carbonyl (C=O) groups excluding carboxylic acids is 2. The molecule has 3 rings (SSSR count). The molecule has 1 aliphatic heterocycles. The predicted molar refractivity (Wildman–Crippen MR) is 101 cm³/mol. The lowest BCUT2D eigenvalue weighted by molar-refractivity contribution is -0.136. The number of hydrogen-bond acceptors (Lipinski definition) is 6. The number of terminal acetylenes is 1. The smallest absolute Gasteiger partial charge is 0.340 e. The second-order valence-corrected chi connectivity index (χ2v) is 7.01. The second-order valence-electron chi connectivity index (χ2n) is 6.09. The van der Waals surface area contributed by atoms with E-state index in [0.717, 1.165) is 4.47 Å². The molecule has 7 heteroatoms. The summed E-state index contributed by atoms with van der Waals surface area (Å²) in [7, 11) is 1.25. The van der Waals surface area contributed by atoms with Gasteiger partial charge >= 0.3 is 5.97 Å². The molecule has 1 atom stereocenters. The number of carbonyl (C=O) groups is 2. The summed E-state index contributed by atoms with van der Waals surface area (Å²) in [6.07, 6.45) is 6.93. The molecule has 1 aliphatic carbocycles. The van der Waals surface area contributed by atoms with Gasteiger partial charge in [0.15, 0.2) is 5.78 Å². The average molecular weight is 432 g/mol. The maximum absolute atomic E-state index is 12.7. The van der Waals surface area contributed by atoms with Crippen LogP contribution in [-0.4, -0.2) is 25.5 Å². The van der Waals surface area contributed by atoms with Crippen molar-refractivity contribution in [2.24, 2.45) is 5.73 Å². The zero-order chi connectivity index (χ0) is 19.6. The van der Waals surface area contributed by atoms with Crippen LogP contribution < -0.4 is 10.5 Å². The molecule has 0 unspecified atom stereocenters. The highest BCUT2D eigenvalue weighted by Crippen LogP contribution is 2.47. The van der Waals surface area contributed by atoms with Crippen molar-refractivity contribution >= 4 is 27.7 Å². The van der Waals surface area contributed by atoms with Crippen molar-refractivity contribution < 1.29 is 23.8 Å². The molecule has 27 heavy (non-hydrogen) atoms. The van der Waals surface area contributed by atoms with Gasteiger partial charge in [-0.05, 0) is 24.6 Å². The highest BCUT2D eigenvalue weighted by atomic mass is 79.9. The van der Waals surface area contributed by atoms with Crippen LogP contribution >= 0.6 is 15.9 Å². The molecule has 2 N–H and O–H groups in total. The Kier molecular flexibility index (Phi) is 5.57. The number of hydrogen-bond donors (Lipinski definition) is 1. The number of halogens is 1. The van der Waals surface area contributed by atoms with Crippen LogP contribution in [-0.2, 0) is 19.1 Å². The Morgan fingerprint density at radius 1 is 1.44 bits per heavy atom. The summed E-state index contributed by atoms with van der Waals surface area (Å²) in [6.45, 7) is 0.0461. The van der Waals surface area contributed by atoms with E-state index >= 15 is 0 Å². The zero-order valence-electron chi connectivity index (χ0n) is 14.7. The molecular formula is C20H18BrNO5. The van der Waals surface area contributed by atoms with Crippen molar-refractivity contribution in [2.75, 3.05) is 13.7 Å². The second kappa shape index (κ2) is 7.89. The molecule has 0 saturated carbocycles. The Balaban J connectivity index is 2.24. The summed E-state index contributed by atoms with van der Waals surface area (Å²) >= 11 is 3.43. The minimum absolute atomic E-state index is 0.0461. The summed E-state index contributed by atoms with van der Waals surface area (Å²) in [5, 5.41) is 0. The number of ketones is 1. The van der Waals surface area contributed by atoms with Crippen LogP contribution in [0, 0.1) is 12.3 Å². The third-order valence-electron chi connectivity index (χ3n) is 4.48. The molecule has 0 bridgehead atoms. The first-order valence-corrected chi connectivity index (χ1v) is 9.15. The molecule has 0 fully saturated rings. The number of Topliss-reactive ketones (excluding diaryl/α,β-unsaturated/α-hetero) is 1. The fourth-order valence-electron chi connectivity index (χ4n) is 3.37. The number of methoxy groups -OCH3 is 1. The largest absolute Gasteiger partial charge is 0.481 e. The first-order valence-electron chi connectivity index (χ1n) is 8.35. The lowest BCUT2D eigenvalue weighted by atomic mass is 9.77. The third kappa shape index (κ3) is 3.58. The first kappa shape index (κ1) is 19.1. The standard InChI is InChI=1S/C20H18BrNO5/c1-3-9-26-14-8-7-11(21)10-12(14)16-17-13(23)5-4-6-15(17)27-19(22)18(16)20(24)25-2/h1,7-8,10,16H,4-6,9,22H2,2H3/t16-/m1/s1. The van der Waals surface area contributed by atoms with Gasteiger partial charge in [0, 0.05) is 28.5 Å². The summed E-state index contributed by atoms with van der Waals surface area (Å²) in [5.41, 5.74) is 7.14. The molecule has 2 aliphatic rings. The number of esters is 1. The molecule has 6 nitrogen and oxygen atoms in total. The lowest BCUT2D eigenvalue weighted by Crippen LogP contribution is -2.31. The maximum Gasteiger partial charge on any atom is 0.340 e. The summed E-state index contributed by atoms with van der Waals surface area (Å²) in [5.74, 6) is 1.80. The van der Waals surface area contributed by atoms with Crippen molar-refractivity contribution in [2.45, 2.75) is 25.2 Å². The van der Waals surface area contributed by atoms with Gasteiger partial charge in [0.2, 0.25) is 5.88 Å². The van der Waals surface area contributed by atoms with E-state index < -0.39 is 11.9 Å². The molecule has 1 heterocycles. The highest BCUT2D eigenvalue weighted by Gasteiger charge is 2.42. The predicted octanol–water partition coefficient (Wildman–Crippen LogP) is 2.93. The van der Waals surface area contributed by atoms with Crippen LogP contribution in [0.3, 0.4) is 0 Å². The summed E-state index contributed by atoms with van der Waals surface area (Å²) in [6, 6.07) is 5.30. The van der Waals surface area contributed by atoms with Crippen LogP contribution in [0.15, 0.2) is 45.5 Å². The van der Waals surface area contributed by atoms with Crippen LogP contribution in [0.5, 0.6) is 5.75 Å². The summed E-state index contributed by atoms with van der Waals surface area (Å²) < 4.78 is 16.9. The molecule has 1 aromatic carbocycles. The number of nitrogens with two attached hydrogens (primary N) is 1. The highest BCUT2D eigenvalue weighted by molar-refractivity contribution is 9.10. The van der Waals surface area contributed by atoms with Gasteiger partial charge in [-0.3, -0.25) is 4.79 Å². The van der Waals surface area contributed by atoms with Gasteiger partial charge in [0.1, 0.15) is 23.7 Å². The molecule has 0 saturated heterocycles. The van der Waals surface area contributed by atoms with Crippen LogP contribution in [0.25, 0.3) is 0 Å². The van der Waals surface area contributed by atoms with Crippen molar-refractivity contribution in [3.63, 3.8) is 0 Å². The van der Waals surface area contributed by atoms with Gasteiger partial charge in [-0.15, -0.1) is 6.42 Å². The van der Waals surface area contributed by atoms with E-state index in [4.69, 9.17) is 26.4 Å². The number of rotatable bonds is 4. The summed E-state index contributed by atoms with van der Waals surface area (Å²) in [4.78, 5) is 25.2. The van der Waals surface area contributed by atoms with E-state index in [1.54, 1.807) is 18.2 Å². The monoisotopic (exact) mass is 431 g/mol. The normalized spacial score (nSPS) is 19.1. The maximum atomic E-state index is 12.7. The van der Waals surface area contributed by atoms with E-state index in [1.807, 2.05) is 0 Å². The van der Waals surface area contributed by atoms with E-state index in [9.17, 15) is 9.59 Å². The van der Waals surface area contributed by atoms with E-state index in [2.05, 4.69) is 21.9 Å². The van der Waals surface area contributed by atoms with E-state index in [0.29, 0.717) is 41.9 Å². The number of allylic oxidation sites excluding steroid dienone is 2. The van der Waals surface area contributed by atoms with Crippen LogP contribution in [0.1, 0.15) is 30.7 Å². The van der Waals surface area contributed by atoms with Crippen molar-refractivity contribution in [3.05, 3.63) is 51.0 Å². The number of ether oxygens (including phenoxy) is 3. The average Bonchev–Trinajstić information content (AvgIpc) is 2.65. The molecule has 0 radical (unpaired) electrons. The topological polar surface area (TPSA) is 87.8 Å². The fourth-order valence-corrected chi connectivity index (χ4v) is 3.75. The van der Waals surface area contributed by atoms with E-state index in [-0.39, 0.29) is 23.8 Å². The van der Waals surface area contributed by atoms with Gasteiger partial charge in [-0.25, -0.2) is 4.79 Å². The van der Waals surface area contributed by atoms with Crippen LogP contribution in [0.4, 0.5) is 0 Å². The Morgan fingerprint density at radius 2 is 2.22 bits per heavy atom. The minimum Gasteiger partial charge on any atom is -0.481 e. The Bertz CT molecular complexity index is 909. The first-order chi connectivity index (χ1) is 13.0. The zero-order valence-corrected chi connectivity index (χ0v) is 16.3. The van der Waals surface area contributed by atoms with Gasteiger partial charge in [-0.1, -0.05) is 21.9 Å². The fraction of sp³-hybridized carbons (Fsp3) is 0.300. The minimum atomic E-state index is -0.751. The number of benzene rings is 1. The Morgan fingerprint density at radius 3 is 2.93 bits per heavy atom. The molecule has 0 aromatic heterocycles. The van der Waals surface area contributed by atoms with Gasteiger partial charge in [0.05, 0.1) is 13.0 Å². The quantitative estimate of drug-likeness (QED) is 0.582. The SMILES string of the molecule is C#CCOc1ccc(Br)cc1[C@H]1C(C(=O)OC)=C(N)OC2=C1C(=O)CCC2. The third-order valence-corrected chi connectivity index (χ3v) is 4.98. The molecule has 1 aromatic rings. The van der Waals surface area contributed by atoms with Crippen molar-refractivity contribution in [1.82, 2.24) is 0 Å². The molecule has 140 valence electrons. The van der Waals surface area contributed by atoms with Crippen molar-refractivity contribution in [3.8, 4) is 18.1 Å². The van der Waals surface area contributed by atoms with Gasteiger partial charge < -0.3 is 19.9 Å². The lowest BCUT2D eigenvalue weighted by Gasteiger charge is -2.33. The Labute approximate surface area is 165 Å². The van der Waals surface area contributed by atoms with E-state index in [1.165, 1.54) is 7.11 Å². The van der Waals surface area contributed by atoms with Gasteiger partial charge in [0.25, 0.3) is 0 Å².